The molecule has 0 saturated heterocycles. The summed E-state index contributed by atoms with van der Waals surface area (Å²) in [5, 5.41) is 8.17. The Morgan fingerprint density at radius 1 is 0.882 bits per heavy atom. The van der Waals surface area contributed by atoms with Crippen molar-refractivity contribution >= 4 is 52.4 Å². The van der Waals surface area contributed by atoms with Crippen molar-refractivity contribution in [1.82, 2.24) is 9.78 Å². The monoisotopic (exact) mass is 490 g/mol. The van der Waals surface area contributed by atoms with Crippen LogP contribution in [0.5, 0.6) is 0 Å². The first-order valence-corrected chi connectivity index (χ1v) is 11.0. The molecule has 1 aliphatic heterocycles. The van der Waals surface area contributed by atoms with Crippen LogP contribution in [0.15, 0.2) is 79.0 Å². The number of halogens is 2. The molecule has 5 rings (SSSR count). The molecular weight excluding hydrogens is 475 g/mol. The van der Waals surface area contributed by atoms with Crippen LogP contribution in [-0.4, -0.2) is 27.5 Å². The summed E-state index contributed by atoms with van der Waals surface area (Å²) in [4.78, 5) is 39.4. The second-order valence-electron chi connectivity index (χ2n) is 7.63. The van der Waals surface area contributed by atoms with Crippen LogP contribution in [0.1, 0.15) is 36.6 Å². The quantitative estimate of drug-likeness (QED) is 0.385. The van der Waals surface area contributed by atoms with Crippen LogP contribution in [0.4, 0.5) is 11.5 Å². The minimum absolute atomic E-state index is 0.282. The maximum atomic E-state index is 12.8. The number of rotatable bonds is 5. The fraction of sp³-hybridized carbons (Fsp3) is 0.0400. The topological polar surface area (TPSA) is 84.3 Å². The molecule has 1 aromatic heterocycles. The minimum Gasteiger partial charge on any atom is -0.305 e. The Morgan fingerprint density at radius 2 is 1.62 bits per heavy atom. The molecule has 0 aliphatic carbocycles. The summed E-state index contributed by atoms with van der Waals surface area (Å²) in [5.74, 6) is -0.912. The van der Waals surface area contributed by atoms with E-state index in [9.17, 15) is 14.4 Å². The van der Waals surface area contributed by atoms with Gasteiger partial charge >= 0.3 is 0 Å². The number of anilines is 2. The lowest BCUT2D eigenvalue weighted by Crippen LogP contribution is -2.29. The van der Waals surface area contributed by atoms with Gasteiger partial charge in [-0.1, -0.05) is 47.5 Å². The lowest BCUT2D eigenvalue weighted by molar-refractivity contribution is 0.0924. The van der Waals surface area contributed by atoms with Crippen LogP contribution in [0, 0.1) is 0 Å². The Balaban J connectivity index is 1.32. The molecule has 3 amide bonds. The molecule has 7 nitrogen and oxygen atoms in total. The Morgan fingerprint density at radius 3 is 2.32 bits per heavy atom. The van der Waals surface area contributed by atoms with Gasteiger partial charge in [0.2, 0.25) is 0 Å². The van der Waals surface area contributed by atoms with Gasteiger partial charge in [0, 0.05) is 27.9 Å². The number of hydrogen-bond donors (Lipinski definition) is 1. The zero-order chi connectivity index (χ0) is 23.8. The lowest BCUT2D eigenvalue weighted by Gasteiger charge is -2.14. The standard InChI is InChI=1S/C25H16Cl2N4O3/c26-17-9-8-16(21(27)13-17)14-30-11-10-22(29-30)28-23(32)15-4-3-5-18(12-15)31-24(33)19-6-1-2-7-20(19)25(31)34/h1-13H,14H2,(H,28,29,32). The summed E-state index contributed by atoms with van der Waals surface area (Å²) in [6, 6.07) is 19.8. The Kier molecular flexibility index (Phi) is 5.65. The fourth-order valence-electron chi connectivity index (χ4n) is 3.74. The van der Waals surface area contributed by atoms with Gasteiger partial charge in [0.25, 0.3) is 17.7 Å². The Labute approximate surface area is 204 Å². The van der Waals surface area contributed by atoms with Crippen LogP contribution >= 0.6 is 23.2 Å². The van der Waals surface area contributed by atoms with Crippen molar-refractivity contribution in [2.45, 2.75) is 6.54 Å². The van der Waals surface area contributed by atoms with Gasteiger partial charge in [-0.3, -0.25) is 19.1 Å². The number of carbonyl (C=O) groups excluding carboxylic acids is 3. The molecule has 4 aromatic rings. The second kappa shape index (κ2) is 8.78. The SMILES string of the molecule is O=C(Nc1ccn(Cc2ccc(Cl)cc2Cl)n1)c1cccc(N2C(=O)c3ccccc3C2=O)c1. The van der Waals surface area contributed by atoms with Crippen LogP contribution < -0.4 is 10.2 Å². The van der Waals surface area contributed by atoms with Crippen molar-refractivity contribution in [3.63, 3.8) is 0 Å². The summed E-state index contributed by atoms with van der Waals surface area (Å²) in [5.41, 5.74) is 2.12. The first kappa shape index (κ1) is 21.9. The van der Waals surface area contributed by atoms with Crippen molar-refractivity contribution in [3.8, 4) is 0 Å². The van der Waals surface area contributed by atoms with Crippen LogP contribution in [0.3, 0.4) is 0 Å². The van der Waals surface area contributed by atoms with Gasteiger partial charge in [0.1, 0.15) is 0 Å². The summed E-state index contributed by atoms with van der Waals surface area (Å²) < 4.78 is 1.64. The largest absolute Gasteiger partial charge is 0.305 e. The van der Waals surface area contributed by atoms with Gasteiger partial charge in [-0.25, -0.2) is 4.90 Å². The van der Waals surface area contributed by atoms with Gasteiger partial charge in [0.05, 0.1) is 23.4 Å². The highest BCUT2D eigenvalue weighted by atomic mass is 35.5. The first-order chi connectivity index (χ1) is 16.4. The number of nitrogens with zero attached hydrogens (tertiary/aromatic N) is 3. The van der Waals surface area contributed by atoms with E-state index in [0.717, 1.165) is 10.5 Å². The number of aromatic nitrogens is 2. The van der Waals surface area contributed by atoms with Crippen molar-refractivity contribution in [2.75, 3.05) is 10.2 Å². The highest BCUT2D eigenvalue weighted by molar-refractivity contribution is 6.35. The van der Waals surface area contributed by atoms with Crippen molar-refractivity contribution in [3.05, 3.63) is 111 Å². The molecular formula is C25H16Cl2N4O3. The van der Waals surface area contributed by atoms with E-state index >= 15 is 0 Å². The molecule has 0 spiro atoms. The normalized spacial score (nSPS) is 12.7. The van der Waals surface area contributed by atoms with E-state index in [0.29, 0.717) is 39.2 Å². The van der Waals surface area contributed by atoms with E-state index in [2.05, 4.69) is 10.4 Å². The number of carbonyl (C=O) groups is 3. The molecule has 0 unspecified atom stereocenters. The Hall–Kier alpha value is -3.94. The summed E-state index contributed by atoms with van der Waals surface area (Å²) in [6.07, 6.45) is 1.72. The number of hydrogen-bond acceptors (Lipinski definition) is 4. The number of fused-ring (bicyclic) bond motifs is 1. The average Bonchev–Trinajstić information content (AvgIpc) is 3.37. The average molecular weight is 491 g/mol. The second-order valence-corrected chi connectivity index (χ2v) is 8.47. The van der Waals surface area contributed by atoms with E-state index in [1.165, 1.54) is 6.07 Å². The maximum Gasteiger partial charge on any atom is 0.266 e. The third-order valence-electron chi connectivity index (χ3n) is 5.39. The molecule has 34 heavy (non-hydrogen) atoms. The zero-order valence-electron chi connectivity index (χ0n) is 17.5. The van der Waals surface area contributed by atoms with Crippen LogP contribution in [-0.2, 0) is 6.54 Å². The lowest BCUT2D eigenvalue weighted by atomic mass is 10.1. The first-order valence-electron chi connectivity index (χ1n) is 10.3. The number of nitrogens with one attached hydrogen (secondary N) is 1. The highest BCUT2D eigenvalue weighted by Gasteiger charge is 2.36. The van der Waals surface area contributed by atoms with E-state index < -0.39 is 17.7 Å². The minimum atomic E-state index is -0.423. The molecule has 0 bridgehead atoms. The van der Waals surface area contributed by atoms with Crippen molar-refractivity contribution in [2.24, 2.45) is 0 Å². The van der Waals surface area contributed by atoms with E-state index in [-0.39, 0.29) is 5.56 Å². The molecule has 3 aromatic carbocycles. The molecule has 0 saturated carbocycles. The molecule has 1 N–H and O–H groups in total. The third kappa shape index (κ3) is 4.07. The molecule has 0 radical (unpaired) electrons. The third-order valence-corrected chi connectivity index (χ3v) is 5.98. The summed E-state index contributed by atoms with van der Waals surface area (Å²) in [7, 11) is 0. The van der Waals surface area contributed by atoms with Crippen LogP contribution in [0.2, 0.25) is 10.0 Å². The fourth-order valence-corrected chi connectivity index (χ4v) is 4.21. The van der Waals surface area contributed by atoms with Crippen LogP contribution in [0.25, 0.3) is 0 Å². The molecule has 0 fully saturated rings. The smallest absolute Gasteiger partial charge is 0.266 e. The van der Waals surface area contributed by atoms with E-state index in [4.69, 9.17) is 23.2 Å². The number of amides is 3. The predicted octanol–water partition coefficient (Wildman–Crippen LogP) is 5.29. The maximum absolute atomic E-state index is 12.8. The van der Waals surface area contributed by atoms with Gasteiger partial charge in [0.15, 0.2) is 5.82 Å². The molecule has 9 heteroatoms. The number of imide groups is 1. The molecule has 1 aliphatic rings. The van der Waals surface area contributed by atoms with Gasteiger partial charge < -0.3 is 5.32 Å². The predicted molar refractivity (Wildman–Crippen MR) is 130 cm³/mol. The van der Waals surface area contributed by atoms with E-state index in [1.54, 1.807) is 71.5 Å². The van der Waals surface area contributed by atoms with Gasteiger partial charge in [-0.05, 0) is 48.0 Å². The zero-order valence-corrected chi connectivity index (χ0v) is 19.0. The Bertz CT molecular complexity index is 1430. The molecule has 2 heterocycles. The highest BCUT2D eigenvalue weighted by Crippen LogP contribution is 2.29. The van der Waals surface area contributed by atoms with Gasteiger partial charge in [-0.15, -0.1) is 0 Å². The molecule has 168 valence electrons. The summed E-state index contributed by atoms with van der Waals surface area (Å²) in [6.45, 7) is 0.404. The van der Waals surface area contributed by atoms with Crippen molar-refractivity contribution < 1.29 is 14.4 Å². The van der Waals surface area contributed by atoms with Crippen molar-refractivity contribution in [1.29, 1.82) is 0 Å². The number of benzene rings is 3. The molecule has 0 atom stereocenters. The van der Waals surface area contributed by atoms with E-state index in [1.807, 2.05) is 6.07 Å². The van der Waals surface area contributed by atoms with Gasteiger partial charge in [-0.2, -0.15) is 5.10 Å². The summed E-state index contributed by atoms with van der Waals surface area (Å²) >= 11 is 12.2.